The summed E-state index contributed by atoms with van der Waals surface area (Å²) in [6.45, 7) is 2.94. The van der Waals surface area contributed by atoms with Gasteiger partial charge in [0.05, 0.1) is 0 Å². The van der Waals surface area contributed by atoms with Crippen molar-refractivity contribution in [3.63, 3.8) is 0 Å². The Morgan fingerprint density at radius 1 is 1.11 bits per heavy atom. The van der Waals surface area contributed by atoms with E-state index in [2.05, 4.69) is 53.2 Å². The maximum atomic E-state index is 6.02. The highest BCUT2D eigenvalue weighted by Gasteiger charge is 2.41. The van der Waals surface area contributed by atoms with E-state index in [9.17, 15) is 0 Å². The average molecular weight is 317 g/mol. The molecule has 0 radical (unpaired) electrons. The molecule has 0 heterocycles. The van der Waals surface area contributed by atoms with Crippen LogP contribution in [0.5, 0.6) is 5.75 Å². The monoisotopic (exact) mass is 316 g/mol. The lowest BCUT2D eigenvalue weighted by Crippen LogP contribution is -2.05. The molecular weight excluding hydrogens is 300 g/mol. The lowest BCUT2D eigenvalue weighted by atomic mass is 9.97. The van der Waals surface area contributed by atoms with Gasteiger partial charge >= 0.3 is 0 Å². The van der Waals surface area contributed by atoms with Gasteiger partial charge < -0.3 is 4.74 Å². The van der Waals surface area contributed by atoms with Crippen LogP contribution in [-0.2, 0) is 12.0 Å². The van der Waals surface area contributed by atoms with E-state index in [-0.39, 0.29) is 0 Å². The van der Waals surface area contributed by atoms with Crippen molar-refractivity contribution in [3.8, 4) is 5.75 Å². The van der Waals surface area contributed by atoms with Crippen LogP contribution in [0, 0.1) is 0 Å². The van der Waals surface area contributed by atoms with Gasteiger partial charge in [-0.2, -0.15) is 0 Å². The topological polar surface area (TPSA) is 9.23 Å². The van der Waals surface area contributed by atoms with E-state index in [0.29, 0.717) is 12.0 Å². The minimum Gasteiger partial charge on any atom is -0.489 e. The van der Waals surface area contributed by atoms with Gasteiger partial charge in [-0.25, -0.2) is 0 Å². The van der Waals surface area contributed by atoms with E-state index in [1.165, 1.54) is 24.0 Å². The van der Waals surface area contributed by atoms with Gasteiger partial charge in [-0.15, -0.1) is 0 Å². The summed E-state index contributed by atoms with van der Waals surface area (Å²) in [6, 6.07) is 16.6. The van der Waals surface area contributed by atoms with Gasteiger partial charge in [0, 0.05) is 10.0 Å². The third-order valence-electron chi connectivity index (χ3n) is 3.83. The Balaban J connectivity index is 1.81. The van der Waals surface area contributed by atoms with E-state index < -0.39 is 0 Å². The van der Waals surface area contributed by atoms with E-state index >= 15 is 0 Å². The average Bonchev–Trinajstić information content (AvgIpc) is 3.18. The molecule has 2 heteroatoms. The standard InChI is InChI=1S/C17H17BrO/c1-17(9-10-17)15-11-14(18)7-8-16(15)19-12-13-5-3-2-4-6-13/h2-8,11H,9-10,12H2,1H3. The van der Waals surface area contributed by atoms with Crippen LogP contribution in [0.3, 0.4) is 0 Å². The molecule has 2 aromatic carbocycles. The van der Waals surface area contributed by atoms with Crippen LogP contribution in [0.15, 0.2) is 53.0 Å². The van der Waals surface area contributed by atoms with Crippen molar-refractivity contribution < 1.29 is 4.74 Å². The molecular formula is C17H17BrO. The summed E-state index contributed by atoms with van der Waals surface area (Å²) in [5, 5.41) is 0. The summed E-state index contributed by atoms with van der Waals surface area (Å²) in [4.78, 5) is 0. The van der Waals surface area contributed by atoms with E-state index in [1.807, 2.05) is 18.2 Å². The smallest absolute Gasteiger partial charge is 0.123 e. The van der Waals surface area contributed by atoms with Gasteiger partial charge in [-0.3, -0.25) is 0 Å². The molecule has 0 N–H and O–H groups in total. The first kappa shape index (κ1) is 12.7. The van der Waals surface area contributed by atoms with Crippen LogP contribution in [0.1, 0.15) is 30.9 Å². The first-order valence-corrected chi connectivity index (χ1v) is 7.43. The molecule has 0 spiro atoms. The van der Waals surface area contributed by atoms with Crippen molar-refractivity contribution in [1.82, 2.24) is 0 Å². The number of rotatable bonds is 4. The molecule has 2 aromatic rings. The maximum absolute atomic E-state index is 6.02. The molecule has 98 valence electrons. The minimum absolute atomic E-state index is 0.315. The van der Waals surface area contributed by atoms with Crippen LogP contribution >= 0.6 is 15.9 Å². The van der Waals surface area contributed by atoms with Crippen molar-refractivity contribution in [1.29, 1.82) is 0 Å². The van der Waals surface area contributed by atoms with Crippen molar-refractivity contribution in [2.45, 2.75) is 31.8 Å². The van der Waals surface area contributed by atoms with E-state index in [1.54, 1.807) is 0 Å². The number of halogens is 1. The second-order valence-corrected chi connectivity index (χ2v) is 6.39. The molecule has 1 nitrogen and oxygen atoms in total. The zero-order chi connectivity index (χ0) is 13.3. The Kier molecular flexibility index (Phi) is 3.36. The zero-order valence-corrected chi connectivity index (χ0v) is 12.6. The first-order valence-electron chi connectivity index (χ1n) is 6.64. The van der Waals surface area contributed by atoms with Crippen molar-refractivity contribution in [2.75, 3.05) is 0 Å². The molecule has 19 heavy (non-hydrogen) atoms. The first-order chi connectivity index (χ1) is 9.17. The van der Waals surface area contributed by atoms with Gasteiger partial charge in [0.25, 0.3) is 0 Å². The summed E-state index contributed by atoms with van der Waals surface area (Å²) in [7, 11) is 0. The summed E-state index contributed by atoms with van der Waals surface area (Å²) in [5.41, 5.74) is 2.85. The molecule has 0 aromatic heterocycles. The number of benzene rings is 2. The highest BCUT2D eigenvalue weighted by atomic mass is 79.9. The van der Waals surface area contributed by atoms with Crippen molar-refractivity contribution >= 4 is 15.9 Å². The number of ether oxygens (including phenoxy) is 1. The summed E-state index contributed by atoms with van der Waals surface area (Å²) >= 11 is 3.56. The maximum Gasteiger partial charge on any atom is 0.123 e. The van der Waals surface area contributed by atoms with Gasteiger partial charge in [0.15, 0.2) is 0 Å². The van der Waals surface area contributed by atoms with Crippen LogP contribution in [0.4, 0.5) is 0 Å². The predicted molar refractivity (Wildman–Crippen MR) is 81.5 cm³/mol. The second-order valence-electron chi connectivity index (χ2n) is 5.48. The van der Waals surface area contributed by atoms with Gasteiger partial charge in [-0.1, -0.05) is 53.2 Å². The van der Waals surface area contributed by atoms with Crippen LogP contribution in [-0.4, -0.2) is 0 Å². The quantitative estimate of drug-likeness (QED) is 0.764. The molecule has 0 atom stereocenters. The summed E-state index contributed by atoms with van der Waals surface area (Å²) in [5.74, 6) is 1.02. The largest absolute Gasteiger partial charge is 0.489 e. The zero-order valence-electron chi connectivity index (χ0n) is 11.0. The Morgan fingerprint density at radius 3 is 2.53 bits per heavy atom. The van der Waals surface area contributed by atoms with Crippen molar-refractivity contribution in [2.24, 2.45) is 0 Å². The van der Waals surface area contributed by atoms with Gasteiger partial charge in [-0.05, 0) is 42.0 Å². The molecule has 1 aliphatic carbocycles. The Bertz CT molecular complexity index is 573. The summed E-state index contributed by atoms with van der Waals surface area (Å²) < 4.78 is 7.15. The minimum atomic E-state index is 0.315. The molecule has 1 aliphatic rings. The second kappa shape index (κ2) is 5.01. The molecule has 0 amide bonds. The highest BCUT2D eigenvalue weighted by molar-refractivity contribution is 9.10. The Hall–Kier alpha value is -1.28. The molecule has 0 aliphatic heterocycles. The number of hydrogen-bond donors (Lipinski definition) is 0. The molecule has 0 saturated heterocycles. The normalized spacial score (nSPS) is 16.1. The lowest BCUT2D eigenvalue weighted by Gasteiger charge is -2.16. The molecule has 0 unspecified atom stereocenters. The third-order valence-corrected chi connectivity index (χ3v) is 4.32. The summed E-state index contributed by atoms with van der Waals surface area (Å²) in [6.07, 6.45) is 2.51. The Labute approximate surface area is 122 Å². The third kappa shape index (κ3) is 2.84. The van der Waals surface area contributed by atoms with Gasteiger partial charge in [0.1, 0.15) is 12.4 Å². The highest BCUT2D eigenvalue weighted by Crippen LogP contribution is 2.51. The van der Waals surface area contributed by atoms with Crippen LogP contribution in [0.2, 0.25) is 0 Å². The van der Waals surface area contributed by atoms with Crippen LogP contribution < -0.4 is 4.74 Å². The SMILES string of the molecule is CC1(c2cc(Br)ccc2OCc2ccccc2)CC1. The predicted octanol–water partition coefficient (Wildman–Crippen LogP) is 5.08. The Morgan fingerprint density at radius 2 is 1.84 bits per heavy atom. The fourth-order valence-corrected chi connectivity index (χ4v) is 2.65. The van der Waals surface area contributed by atoms with Gasteiger partial charge in [0.2, 0.25) is 0 Å². The van der Waals surface area contributed by atoms with Crippen molar-refractivity contribution in [3.05, 3.63) is 64.1 Å². The molecule has 1 saturated carbocycles. The number of hydrogen-bond acceptors (Lipinski definition) is 1. The van der Waals surface area contributed by atoms with Crippen LogP contribution in [0.25, 0.3) is 0 Å². The van der Waals surface area contributed by atoms with E-state index in [4.69, 9.17) is 4.74 Å². The molecule has 0 bridgehead atoms. The lowest BCUT2D eigenvalue weighted by molar-refractivity contribution is 0.300. The fourth-order valence-electron chi connectivity index (χ4n) is 2.29. The van der Waals surface area contributed by atoms with E-state index in [0.717, 1.165) is 10.2 Å². The molecule has 3 rings (SSSR count). The fraction of sp³-hybridized carbons (Fsp3) is 0.294. The molecule has 1 fully saturated rings.